The van der Waals surface area contributed by atoms with Crippen molar-refractivity contribution in [1.29, 1.82) is 0 Å². The molecular weight excluding hydrogens is 328 g/mol. The van der Waals surface area contributed by atoms with Crippen LogP contribution in [0.25, 0.3) is 5.57 Å². The number of ketones is 1. The summed E-state index contributed by atoms with van der Waals surface area (Å²) in [6, 6.07) is 6.12. The van der Waals surface area contributed by atoms with E-state index >= 15 is 0 Å². The molecule has 1 aromatic rings. The zero-order valence-corrected chi connectivity index (χ0v) is 15.3. The maximum absolute atomic E-state index is 12.1. The molecule has 1 aliphatic carbocycles. The quantitative estimate of drug-likeness (QED) is 0.602. The first kappa shape index (κ1) is 18.7. The van der Waals surface area contributed by atoms with Gasteiger partial charge in [-0.05, 0) is 50.3 Å². The van der Waals surface area contributed by atoms with E-state index in [1.54, 1.807) is 26.0 Å². The SMILES string of the molecule is CC(=O)/C(OCC1CC1)=C(/c1ccc(S(C)(=O)=O)cc1)C(C)(C)O. The van der Waals surface area contributed by atoms with Crippen LogP contribution in [0, 0.1) is 5.92 Å². The Hall–Kier alpha value is -1.66. The molecule has 2 rings (SSSR count). The average Bonchev–Trinajstić information content (AvgIpc) is 3.25. The second kappa shape index (κ2) is 6.69. The van der Waals surface area contributed by atoms with E-state index in [0.29, 0.717) is 23.7 Å². The molecule has 0 radical (unpaired) electrons. The summed E-state index contributed by atoms with van der Waals surface area (Å²) < 4.78 is 28.9. The standard InChI is InChI=1S/C18H24O5S/c1-12(19)17(23-11-13-5-6-13)16(18(2,3)20)14-7-9-15(10-8-14)24(4,21)22/h7-10,13,20H,5-6,11H2,1-4H3/b17-16+. The van der Waals surface area contributed by atoms with Crippen LogP contribution in [0.3, 0.4) is 0 Å². The molecule has 1 fully saturated rings. The Balaban J connectivity index is 2.49. The predicted octanol–water partition coefficient (Wildman–Crippen LogP) is 2.59. The summed E-state index contributed by atoms with van der Waals surface area (Å²) >= 11 is 0. The Bertz CT molecular complexity index is 748. The van der Waals surface area contributed by atoms with Gasteiger partial charge in [-0.2, -0.15) is 0 Å². The minimum absolute atomic E-state index is 0.140. The molecule has 0 atom stereocenters. The number of hydrogen-bond acceptors (Lipinski definition) is 5. The highest BCUT2D eigenvalue weighted by molar-refractivity contribution is 7.90. The van der Waals surface area contributed by atoms with E-state index in [1.807, 2.05) is 0 Å². The maximum atomic E-state index is 12.1. The first-order valence-electron chi connectivity index (χ1n) is 7.91. The lowest BCUT2D eigenvalue weighted by atomic mass is 9.89. The van der Waals surface area contributed by atoms with Gasteiger partial charge in [0.15, 0.2) is 21.4 Å². The number of sulfone groups is 1. The van der Waals surface area contributed by atoms with E-state index in [2.05, 4.69) is 0 Å². The Morgan fingerprint density at radius 3 is 2.17 bits per heavy atom. The van der Waals surface area contributed by atoms with Crippen LogP contribution in [0.4, 0.5) is 0 Å². The first-order chi connectivity index (χ1) is 11.0. The van der Waals surface area contributed by atoms with Crippen LogP contribution in [0.1, 0.15) is 39.2 Å². The Morgan fingerprint density at radius 1 is 1.25 bits per heavy atom. The molecule has 0 heterocycles. The number of Topliss-reactive ketones (excluding diaryl/α,β-unsaturated/α-hetero) is 1. The normalized spacial score (nSPS) is 16.5. The highest BCUT2D eigenvalue weighted by Crippen LogP contribution is 2.34. The average molecular weight is 352 g/mol. The fourth-order valence-electron chi connectivity index (χ4n) is 2.47. The molecule has 0 amide bonds. The number of hydrogen-bond donors (Lipinski definition) is 1. The van der Waals surface area contributed by atoms with Crippen LogP contribution < -0.4 is 0 Å². The van der Waals surface area contributed by atoms with Crippen LogP contribution in [-0.2, 0) is 19.4 Å². The molecule has 1 aliphatic rings. The number of carbonyl (C=O) groups excluding carboxylic acids is 1. The van der Waals surface area contributed by atoms with Crippen LogP contribution in [0.5, 0.6) is 0 Å². The summed E-state index contributed by atoms with van der Waals surface area (Å²) in [4.78, 5) is 12.3. The van der Waals surface area contributed by atoms with E-state index in [0.717, 1.165) is 19.1 Å². The summed E-state index contributed by atoms with van der Waals surface area (Å²) in [5.41, 5.74) is -0.372. The van der Waals surface area contributed by atoms with Crippen LogP contribution in [-0.4, -0.2) is 37.8 Å². The smallest absolute Gasteiger partial charge is 0.194 e. The van der Waals surface area contributed by atoms with Crippen LogP contribution in [0.15, 0.2) is 34.9 Å². The van der Waals surface area contributed by atoms with E-state index < -0.39 is 15.4 Å². The van der Waals surface area contributed by atoms with Gasteiger partial charge in [-0.1, -0.05) is 12.1 Å². The van der Waals surface area contributed by atoms with Gasteiger partial charge in [0.05, 0.1) is 17.1 Å². The molecule has 0 bridgehead atoms. The summed E-state index contributed by atoms with van der Waals surface area (Å²) in [6.45, 7) is 5.02. The third-order valence-electron chi connectivity index (χ3n) is 3.89. The lowest BCUT2D eigenvalue weighted by Gasteiger charge is -2.25. The number of rotatable bonds is 7. The Kier molecular flexibility index (Phi) is 5.20. The van der Waals surface area contributed by atoms with Gasteiger partial charge in [-0.15, -0.1) is 0 Å². The topological polar surface area (TPSA) is 80.7 Å². The van der Waals surface area contributed by atoms with Gasteiger partial charge >= 0.3 is 0 Å². The molecule has 6 heteroatoms. The number of ether oxygens (including phenoxy) is 1. The number of aliphatic hydroxyl groups is 1. The fraction of sp³-hybridized carbons (Fsp3) is 0.500. The van der Waals surface area contributed by atoms with Crippen molar-refractivity contribution in [3.05, 3.63) is 35.6 Å². The molecule has 5 nitrogen and oxygen atoms in total. The van der Waals surface area contributed by atoms with Crippen molar-refractivity contribution >= 4 is 21.2 Å². The molecule has 1 saturated carbocycles. The van der Waals surface area contributed by atoms with Crippen molar-refractivity contribution in [2.45, 2.75) is 44.1 Å². The zero-order chi connectivity index (χ0) is 18.1. The molecule has 0 saturated heterocycles. The van der Waals surface area contributed by atoms with Gasteiger partial charge in [-0.3, -0.25) is 4.79 Å². The Morgan fingerprint density at radius 2 is 1.79 bits per heavy atom. The van der Waals surface area contributed by atoms with Gasteiger partial charge in [0, 0.05) is 18.8 Å². The summed E-state index contributed by atoms with van der Waals surface area (Å²) in [5.74, 6) is 0.344. The molecule has 0 aromatic heterocycles. The fourth-order valence-corrected chi connectivity index (χ4v) is 3.10. The molecule has 0 unspecified atom stereocenters. The van der Waals surface area contributed by atoms with Crippen LogP contribution in [0.2, 0.25) is 0 Å². The number of carbonyl (C=O) groups is 1. The van der Waals surface area contributed by atoms with Crippen LogP contribution >= 0.6 is 0 Å². The minimum Gasteiger partial charge on any atom is -0.489 e. The predicted molar refractivity (Wildman–Crippen MR) is 92.1 cm³/mol. The second-order valence-corrected chi connectivity index (χ2v) is 8.89. The third kappa shape index (κ3) is 4.68. The summed E-state index contributed by atoms with van der Waals surface area (Å²) in [5, 5.41) is 10.6. The zero-order valence-electron chi connectivity index (χ0n) is 14.5. The van der Waals surface area contributed by atoms with Gasteiger partial charge in [-0.25, -0.2) is 8.42 Å². The van der Waals surface area contributed by atoms with Gasteiger partial charge < -0.3 is 9.84 Å². The molecule has 132 valence electrons. The van der Waals surface area contributed by atoms with E-state index in [4.69, 9.17) is 4.74 Å². The lowest BCUT2D eigenvalue weighted by Crippen LogP contribution is -2.25. The van der Waals surface area contributed by atoms with Gasteiger partial charge in [0.1, 0.15) is 0 Å². The third-order valence-corrected chi connectivity index (χ3v) is 5.02. The summed E-state index contributed by atoms with van der Waals surface area (Å²) in [6.07, 6.45) is 3.31. The first-order valence-corrected chi connectivity index (χ1v) is 9.80. The lowest BCUT2D eigenvalue weighted by molar-refractivity contribution is -0.117. The highest BCUT2D eigenvalue weighted by Gasteiger charge is 2.30. The van der Waals surface area contributed by atoms with Crippen molar-refractivity contribution in [3.63, 3.8) is 0 Å². The van der Waals surface area contributed by atoms with Crippen molar-refractivity contribution in [2.75, 3.05) is 12.9 Å². The molecule has 1 aromatic carbocycles. The van der Waals surface area contributed by atoms with E-state index in [1.165, 1.54) is 19.1 Å². The van der Waals surface area contributed by atoms with Crippen molar-refractivity contribution in [2.24, 2.45) is 5.92 Å². The van der Waals surface area contributed by atoms with Crippen molar-refractivity contribution in [1.82, 2.24) is 0 Å². The molecule has 24 heavy (non-hydrogen) atoms. The molecule has 0 aliphatic heterocycles. The monoisotopic (exact) mass is 352 g/mol. The minimum atomic E-state index is -3.31. The van der Waals surface area contributed by atoms with Crippen molar-refractivity contribution < 1.29 is 23.1 Å². The molecule has 1 N–H and O–H groups in total. The molecular formula is C18H24O5S. The number of allylic oxidation sites excluding steroid dienone is 1. The van der Waals surface area contributed by atoms with E-state index in [-0.39, 0.29) is 16.4 Å². The Labute approximate surface area is 143 Å². The maximum Gasteiger partial charge on any atom is 0.194 e. The van der Waals surface area contributed by atoms with Gasteiger partial charge in [0.2, 0.25) is 0 Å². The summed E-state index contributed by atoms with van der Waals surface area (Å²) in [7, 11) is -3.31. The van der Waals surface area contributed by atoms with E-state index in [9.17, 15) is 18.3 Å². The largest absolute Gasteiger partial charge is 0.489 e. The number of benzene rings is 1. The van der Waals surface area contributed by atoms with Gasteiger partial charge in [0.25, 0.3) is 0 Å². The van der Waals surface area contributed by atoms with Crippen molar-refractivity contribution in [3.8, 4) is 0 Å². The molecule has 0 spiro atoms. The highest BCUT2D eigenvalue weighted by atomic mass is 32.2. The second-order valence-electron chi connectivity index (χ2n) is 6.87.